The Morgan fingerprint density at radius 3 is 0.599 bits per heavy atom. The second-order valence-electron chi connectivity index (χ2n) is 37.0. The third-order valence-electron chi connectivity index (χ3n) is 27.9. The Kier molecular flexibility index (Phi) is 22.8. The van der Waals surface area contributed by atoms with Gasteiger partial charge in [-0.3, -0.25) is 0 Å². The minimum Gasteiger partial charge on any atom is -0.455 e. The lowest BCUT2D eigenvalue weighted by Gasteiger charge is -2.12. The van der Waals surface area contributed by atoms with Gasteiger partial charge in [-0.15, -0.1) is 0 Å². The Morgan fingerprint density at radius 1 is 0.109 bits per heavy atom. The molecular weight excluding hydrogens is 1790 g/mol. The summed E-state index contributed by atoms with van der Waals surface area (Å²) in [5.74, 6) is 2.12. The third kappa shape index (κ3) is 17.2. The van der Waals surface area contributed by atoms with Gasteiger partial charge in [-0.1, -0.05) is 449 Å². The summed E-state index contributed by atoms with van der Waals surface area (Å²) in [6, 6.07) is 186. The highest BCUT2D eigenvalue weighted by molar-refractivity contribution is 6.23. The molecule has 0 atom stereocenters. The number of hydrogen-bond donors (Lipinski definition) is 0. The summed E-state index contributed by atoms with van der Waals surface area (Å²) < 4.78 is 19.8. The molecular formula is C138H88N6O3. The fraction of sp³-hybridized carbons (Fsp3) is 0. The van der Waals surface area contributed by atoms with Gasteiger partial charge in [0, 0.05) is 98.5 Å². The Hall–Kier alpha value is -19.7. The average Bonchev–Trinajstić information content (AvgIpc) is 1.45. The van der Waals surface area contributed by atoms with Crippen molar-refractivity contribution in [3.63, 3.8) is 0 Å². The van der Waals surface area contributed by atoms with Crippen LogP contribution in [0.15, 0.2) is 547 Å². The molecule has 0 saturated heterocycles. The fourth-order valence-electron chi connectivity index (χ4n) is 20.5. The molecule has 0 aliphatic heterocycles. The maximum Gasteiger partial charge on any atom is 0.160 e. The van der Waals surface area contributed by atoms with E-state index in [2.05, 4.69) is 419 Å². The maximum atomic E-state index is 6.61. The predicted octanol–water partition coefficient (Wildman–Crippen LogP) is 37.3. The normalized spacial score (nSPS) is 11.4. The van der Waals surface area contributed by atoms with Crippen LogP contribution in [0.3, 0.4) is 0 Å². The van der Waals surface area contributed by atoms with Crippen molar-refractivity contribution in [3.8, 4) is 180 Å². The highest BCUT2D eigenvalue weighted by Gasteiger charge is 2.24. The SMILES string of the molecule is c1ccc(-c2ccc3c(c2)oc2c4ccccc4c(-c4ccc(-c5cc(-c6ccccc6)nc(-c6ccccc6)n5)cc4)cc32)cc1.c1ccc(-c2ccc3c(c2)oc2c4ccccc4c(-c4cccc(-c5cc(-c6ccccc6)nc(-c6ccccc6)n5)c4)cc32)cc1.c1ccc(-c2cccc(-c3cc(-c4ccc(-c5cc6c7ccc(-c8ccccc8)cc7oc6c6ccccc56)cc4)nc(-c4ccccc4)n3)c2)cc1. The summed E-state index contributed by atoms with van der Waals surface area (Å²) in [7, 11) is 0. The van der Waals surface area contributed by atoms with Gasteiger partial charge in [0.25, 0.3) is 0 Å². The Bertz CT molecular complexity index is 9680. The molecule has 0 N–H and O–H groups in total. The second kappa shape index (κ2) is 38.4. The van der Waals surface area contributed by atoms with Crippen molar-refractivity contribution in [2.75, 3.05) is 0 Å². The molecule has 28 rings (SSSR count). The monoisotopic (exact) mass is 1880 g/mol. The Balaban J connectivity index is 0.000000112. The van der Waals surface area contributed by atoms with E-state index < -0.39 is 0 Å². The van der Waals surface area contributed by atoms with Crippen LogP contribution in [0.4, 0.5) is 0 Å². The molecule has 0 unspecified atom stereocenters. The van der Waals surface area contributed by atoms with Crippen molar-refractivity contribution in [1.82, 2.24) is 29.9 Å². The van der Waals surface area contributed by atoms with Crippen LogP contribution < -0.4 is 0 Å². The largest absolute Gasteiger partial charge is 0.455 e. The van der Waals surface area contributed by atoms with Crippen LogP contribution in [0.25, 0.3) is 278 Å². The standard InChI is InChI=1S/C50H32N2O.2C44H28N2O/c1-4-13-33(14-5-1)38-19-12-20-40(29-38)47-32-46(51-50(52-47)37-17-8-3-9-18-37)36-25-23-35(24-26-36)44-31-45-42-28-27-39(34-15-6-2-7-16-34)30-48(42)53-49(45)43-22-11-10-21-41(43)44;1-4-13-29(14-5-1)32-23-24-36-39-27-38(35-21-10-11-22-37(35)43(39)47-42(36)26-32)33-19-12-20-34(25-33)41-28-40(30-15-6-2-7-16-30)45-44(46-41)31-17-8-3-9-18-31;1-4-12-29(13-5-1)34-24-25-36-39-27-38(35-18-10-11-19-37(35)43(39)47-42(36)26-34)30-20-22-32(23-21-30)41-28-40(31-14-6-2-7-15-31)45-44(46-41)33-16-8-3-9-17-33/h1-32H;2*1-28H. The van der Waals surface area contributed by atoms with Crippen molar-refractivity contribution < 1.29 is 13.3 Å². The number of hydrogen-bond acceptors (Lipinski definition) is 9. The molecule has 0 aliphatic rings. The molecule has 147 heavy (non-hydrogen) atoms. The number of fused-ring (bicyclic) bond motifs is 15. The molecule has 0 saturated carbocycles. The molecule has 28 aromatic rings. The van der Waals surface area contributed by atoms with Crippen LogP contribution in [0.2, 0.25) is 0 Å². The Morgan fingerprint density at radius 2 is 0.306 bits per heavy atom. The second-order valence-corrected chi connectivity index (χ2v) is 37.0. The number of nitrogens with zero attached hydrogens (tertiary/aromatic N) is 6. The first-order chi connectivity index (χ1) is 72.8. The number of benzene rings is 22. The van der Waals surface area contributed by atoms with Gasteiger partial charge in [0.05, 0.1) is 34.2 Å². The molecule has 0 fully saturated rings. The van der Waals surface area contributed by atoms with Crippen LogP contribution in [0.1, 0.15) is 0 Å². The first kappa shape index (κ1) is 87.5. The molecule has 0 bridgehead atoms. The van der Waals surface area contributed by atoms with Crippen molar-refractivity contribution in [2.45, 2.75) is 0 Å². The molecule has 0 radical (unpaired) electrons. The lowest BCUT2D eigenvalue weighted by Crippen LogP contribution is -1.96. The van der Waals surface area contributed by atoms with Crippen LogP contribution >= 0.6 is 0 Å². The van der Waals surface area contributed by atoms with E-state index in [9.17, 15) is 0 Å². The molecule has 9 nitrogen and oxygen atoms in total. The minimum absolute atomic E-state index is 0.700. The maximum absolute atomic E-state index is 6.61. The number of furan rings is 3. The van der Waals surface area contributed by atoms with Gasteiger partial charge in [0.1, 0.15) is 33.5 Å². The average molecular weight is 1880 g/mol. The molecule has 6 heterocycles. The van der Waals surface area contributed by atoms with Gasteiger partial charge < -0.3 is 13.3 Å². The van der Waals surface area contributed by atoms with Gasteiger partial charge in [-0.25, -0.2) is 29.9 Å². The fourth-order valence-corrected chi connectivity index (χ4v) is 20.5. The highest BCUT2D eigenvalue weighted by atomic mass is 16.3. The van der Waals surface area contributed by atoms with Gasteiger partial charge in [0.15, 0.2) is 17.5 Å². The van der Waals surface area contributed by atoms with Crippen LogP contribution in [-0.4, -0.2) is 29.9 Å². The van der Waals surface area contributed by atoms with Crippen LogP contribution in [0.5, 0.6) is 0 Å². The van der Waals surface area contributed by atoms with Crippen LogP contribution in [0, 0.1) is 0 Å². The summed E-state index contributed by atoms with van der Waals surface area (Å²) in [6.45, 7) is 0. The first-order valence-electron chi connectivity index (χ1n) is 49.5. The summed E-state index contributed by atoms with van der Waals surface area (Å²) in [5, 5.41) is 13.5. The van der Waals surface area contributed by atoms with E-state index in [1.165, 1.54) is 33.4 Å². The van der Waals surface area contributed by atoms with Crippen molar-refractivity contribution >= 4 is 98.1 Å². The van der Waals surface area contributed by atoms with Gasteiger partial charge in [-0.2, -0.15) is 0 Å². The van der Waals surface area contributed by atoms with Crippen molar-refractivity contribution in [2.24, 2.45) is 0 Å². The van der Waals surface area contributed by atoms with E-state index in [0.29, 0.717) is 17.5 Å². The Labute approximate surface area is 848 Å². The van der Waals surface area contributed by atoms with E-state index in [1.54, 1.807) is 0 Å². The van der Waals surface area contributed by atoms with E-state index in [-0.39, 0.29) is 0 Å². The molecule has 0 spiro atoms. The zero-order chi connectivity index (χ0) is 97.5. The topological polar surface area (TPSA) is 117 Å². The first-order valence-corrected chi connectivity index (χ1v) is 49.5. The lowest BCUT2D eigenvalue weighted by atomic mass is 9.93. The van der Waals surface area contributed by atoms with Crippen molar-refractivity contribution in [1.29, 1.82) is 0 Å². The molecule has 0 aliphatic carbocycles. The third-order valence-corrected chi connectivity index (χ3v) is 27.9. The highest BCUT2D eigenvalue weighted by Crippen LogP contribution is 2.48. The molecule has 9 heteroatoms. The van der Waals surface area contributed by atoms with E-state index in [4.69, 9.17) is 43.2 Å². The predicted molar refractivity (Wildman–Crippen MR) is 607 cm³/mol. The quantitative estimate of drug-likeness (QED) is 0.0932. The van der Waals surface area contributed by atoms with Gasteiger partial charge in [-0.05, 0) is 179 Å². The zero-order valence-corrected chi connectivity index (χ0v) is 79.7. The molecule has 0 amide bonds. The molecule has 22 aromatic carbocycles. The van der Waals surface area contributed by atoms with Crippen LogP contribution in [-0.2, 0) is 0 Å². The smallest absolute Gasteiger partial charge is 0.160 e. The summed E-state index contributed by atoms with van der Waals surface area (Å²) >= 11 is 0. The zero-order valence-electron chi connectivity index (χ0n) is 79.7. The van der Waals surface area contributed by atoms with E-state index in [0.717, 1.165) is 227 Å². The number of aromatic nitrogens is 6. The van der Waals surface area contributed by atoms with E-state index >= 15 is 0 Å². The minimum atomic E-state index is 0.700. The summed E-state index contributed by atoms with van der Waals surface area (Å²) in [5.41, 5.74) is 36.2. The van der Waals surface area contributed by atoms with E-state index in [1.807, 2.05) is 115 Å². The lowest BCUT2D eigenvalue weighted by molar-refractivity contribution is 0.672. The molecule has 6 aromatic heterocycles. The van der Waals surface area contributed by atoms with Gasteiger partial charge in [0.2, 0.25) is 0 Å². The summed E-state index contributed by atoms with van der Waals surface area (Å²) in [4.78, 5) is 30.2. The number of rotatable bonds is 16. The summed E-state index contributed by atoms with van der Waals surface area (Å²) in [6.07, 6.45) is 0. The van der Waals surface area contributed by atoms with Crippen molar-refractivity contribution in [3.05, 3.63) is 534 Å². The molecule has 688 valence electrons. The van der Waals surface area contributed by atoms with Gasteiger partial charge >= 0.3 is 0 Å².